The lowest BCUT2D eigenvalue weighted by Gasteiger charge is -2.40. The second-order valence-electron chi connectivity index (χ2n) is 8.04. The Kier molecular flexibility index (Phi) is 14.0. The van der Waals surface area contributed by atoms with Gasteiger partial charge in [0.25, 0.3) is 0 Å². The van der Waals surface area contributed by atoms with E-state index in [1.165, 1.54) is 11.8 Å². The molecule has 0 aliphatic heterocycles. The lowest BCUT2D eigenvalue weighted by atomic mass is 10.0. The number of carboxylic acids is 1. The zero-order valence-electron chi connectivity index (χ0n) is 19.5. The average molecular weight is 486 g/mol. The summed E-state index contributed by atoms with van der Waals surface area (Å²) in [5.41, 5.74) is 5.30. The van der Waals surface area contributed by atoms with Gasteiger partial charge in [-0.25, -0.2) is 4.79 Å². The van der Waals surface area contributed by atoms with Gasteiger partial charge in [-0.3, -0.25) is 14.9 Å². The van der Waals surface area contributed by atoms with Crippen LogP contribution < -0.4 is 11.1 Å². The SMILES string of the molecule is CC[C@H](C)CCON(C(=O)CCc1ccccc1)[C@](CCSC)(NCC(N)CS)C(=O)O. The van der Waals surface area contributed by atoms with Crippen molar-refractivity contribution in [1.82, 2.24) is 10.4 Å². The fraction of sp³-hybridized carbons (Fsp3) is 0.652. The van der Waals surface area contributed by atoms with Gasteiger partial charge in [-0.1, -0.05) is 50.6 Å². The minimum absolute atomic E-state index is 0.141. The number of thioether (sulfide) groups is 1. The average Bonchev–Trinajstić information content (AvgIpc) is 2.81. The molecule has 0 saturated heterocycles. The molecule has 0 fully saturated rings. The number of nitrogens with one attached hydrogen (secondary N) is 1. The van der Waals surface area contributed by atoms with Crippen molar-refractivity contribution >= 4 is 36.3 Å². The molecular weight excluding hydrogens is 446 g/mol. The highest BCUT2D eigenvalue weighted by molar-refractivity contribution is 7.98. The molecule has 0 aliphatic carbocycles. The number of carboxylic acid groups (broad SMARTS) is 1. The molecule has 1 unspecified atom stereocenters. The van der Waals surface area contributed by atoms with Crippen LogP contribution in [-0.2, 0) is 20.8 Å². The fourth-order valence-corrected chi connectivity index (χ4v) is 3.72. The molecule has 0 radical (unpaired) electrons. The van der Waals surface area contributed by atoms with E-state index in [9.17, 15) is 14.7 Å². The molecule has 4 N–H and O–H groups in total. The number of nitrogens with two attached hydrogens (primary N) is 1. The lowest BCUT2D eigenvalue weighted by molar-refractivity contribution is -0.236. The van der Waals surface area contributed by atoms with Gasteiger partial charge < -0.3 is 10.8 Å². The van der Waals surface area contributed by atoms with Gasteiger partial charge in [0, 0.05) is 31.2 Å². The van der Waals surface area contributed by atoms with E-state index in [4.69, 9.17) is 10.6 Å². The first-order chi connectivity index (χ1) is 15.3. The van der Waals surface area contributed by atoms with Gasteiger partial charge in [0.15, 0.2) is 0 Å². The number of hydroxylamine groups is 2. The Morgan fingerprint density at radius 2 is 2.03 bits per heavy atom. The van der Waals surface area contributed by atoms with Crippen LogP contribution in [-0.4, -0.2) is 64.7 Å². The standard InChI is InChI=1S/C23H39N3O4S2/c1-4-18(2)12-14-30-26(21(27)11-10-19-8-6-5-7-9-19)23(22(28)29,13-15-32-3)25-16-20(24)17-31/h5-9,18,20,25,31H,4,10-17,24H2,1-3H3,(H,28,29)/t18-,20?,23-/m0/s1. The quantitative estimate of drug-likeness (QED) is 0.153. The number of nitrogens with zero attached hydrogens (tertiary/aromatic N) is 1. The van der Waals surface area contributed by atoms with Crippen molar-refractivity contribution in [2.45, 2.75) is 57.7 Å². The first-order valence-electron chi connectivity index (χ1n) is 11.1. The monoisotopic (exact) mass is 485 g/mol. The van der Waals surface area contributed by atoms with Crippen LogP contribution in [0.1, 0.15) is 45.1 Å². The number of aliphatic carboxylic acids is 1. The minimum atomic E-state index is -1.70. The third kappa shape index (κ3) is 9.31. The molecular formula is C23H39N3O4S2. The van der Waals surface area contributed by atoms with Crippen LogP contribution >= 0.6 is 24.4 Å². The molecule has 32 heavy (non-hydrogen) atoms. The summed E-state index contributed by atoms with van der Waals surface area (Å²) in [6, 6.07) is 9.30. The Hall–Kier alpha value is -1.26. The molecule has 1 aromatic carbocycles. The van der Waals surface area contributed by atoms with Crippen molar-refractivity contribution in [3.05, 3.63) is 35.9 Å². The van der Waals surface area contributed by atoms with E-state index in [0.29, 0.717) is 23.8 Å². The number of carbonyl (C=O) groups is 2. The number of aryl methyl sites for hydroxylation is 1. The molecule has 182 valence electrons. The summed E-state index contributed by atoms with van der Waals surface area (Å²) < 4.78 is 0. The minimum Gasteiger partial charge on any atom is -0.478 e. The van der Waals surface area contributed by atoms with Crippen molar-refractivity contribution in [2.24, 2.45) is 11.7 Å². The number of amides is 1. The van der Waals surface area contributed by atoms with E-state index < -0.39 is 11.6 Å². The lowest BCUT2D eigenvalue weighted by Crippen LogP contribution is -2.67. The topological polar surface area (TPSA) is 105 Å². The smallest absolute Gasteiger partial charge is 0.347 e. The van der Waals surface area contributed by atoms with Crippen molar-refractivity contribution in [2.75, 3.05) is 30.9 Å². The summed E-state index contributed by atoms with van der Waals surface area (Å²) in [7, 11) is 0. The van der Waals surface area contributed by atoms with Gasteiger partial charge in [0.1, 0.15) is 0 Å². The molecule has 0 aromatic heterocycles. The van der Waals surface area contributed by atoms with Gasteiger partial charge in [-0.15, -0.1) is 0 Å². The molecule has 9 heteroatoms. The summed E-state index contributed by atoms with van der Waals surface area (Å²) in [4.78, 5) is 31.9. The highest BCUT2D eigenvalue weighted by atomic mass is 32.2. The zero-order chi connectivity index (χ0) is 24.0. The zero-order valence-corrected chi connectivity index (χ0v) is 21.2. The highest BCUT2D eigenvalue weighted by Crippen LogP contribution is 2.23. The first-order valence-corrected chi connectivity index (χ1v) is 13.2. The summed E-state index contributed by atoms with van der Waals surface area (Å²) in [6.07, 6.45) is 4.44. The van der Waals surface area contributed by atoms with Crippen molar-refractivity contribution in [3.63, 3.8) is 0 Å². The second-order valence-corrected chi connectivity index (χ2v) is 9.39. The van der Waals surface area contributed by atoms with Gasteiger partial charge in [-0.2, -0.15) is 29.5 Å². The Bertz CT molecular complexity index is 680. The van der Waals surface area contributed by atoms with Crippen LogP contribution in [0.5, 0.6) is 0 Å². The number of carbonyl (C=O) groups excluding carboxylic acids is 1. The summed E-state index contributed by atoms with van der Waals surface area (Å²) in [6.45, 7) is 4.66. The van der Waals surface area contributed by atoms with Gasteiger partial charge in [-0.05, 0) is 36.3 Å². The van der Waals surface area contributed by atoms with E-state index in [1.54, 1.807) is 0 Å². The molecule has 0 aliphatic rings. The van der Waals surface area contributed by atoms with Crippen molar-refractivity contribution in [1.29, 1.82) is 0 Å². The van der Waals surface area contributed by atoms with Crippen molar-refractivity contribution in [3.8, 4) is 0 Å². The van der Waals surface area contributed by atoms with Gasteiger partial charge in [0.05, 0.1) is 6.61 Å². The van der Waals surface area contributed by atoms with Crippen molar-refractivity contribution < 1.29 is 19.5 Å². The van der Waals surface area contributed by atoms with Crippen LogP contribution in [0.25, 0.3) is 0 Å². The van der Waals surface area contributed by atoms with E-state index in [1.807, 2.05) is 36.6 Å². The fourth-order valence-electron chi connectivity index (χ4n) is 3.09. The molecule has 3 atom stereocenters. The van der Waals surface area contributed by atoms with Crippen LogP contribution in [0, 0.1) is 5.92 Å². The number of thiol groups is 1. The molecule has 1 aromatic rings. The molecule has 0 heterocycles. The Labute approximate surface area is 202 Å². The van der Waals surface area contributed by atoms with E-state index in [0.717, 1.165) is 23.5 Å². The molecule has 1 rings (SSSR count). The molecule has 0 bridgehead atoms. The Balaban J connectivity index is 3.17. The van der Waals surface area contributed by atoms with Crippen LogP contribution in [0.2, 0.25) is 0 Å². The number of hydrogen-bond acceptors (Lipinski definition) is 7. The van der Waals surface area contributed by atoms with Gasteiger partial charge in [0.2, 0.25) is 11.6 Å². The maximum absolute atomic E-state index is 13.3. The summed E-state index contributed by atoms with van der Waals surface area (Å²) >= 11 is 5.71. The number of benzene rings is 1. The highest BCUT2D eigenvalue weighted by Gasteiger charge is 2.47. The Morgan fingerprint density at radius 3 is 2.59 bits per heavy atom. The molecule has 7 nitrogen and oxygen atoms in total. The number of rotatable bonds is 17. The maximum atomic E-state index is 13.3. The predicted molar refractivity (Wildman–Crippen MR) is 135 cm³/mol. The third-order valence-electron chi connectivity index (χ3n) is 5.48. The molecule has 1 amide bonds. The van der Waals surface area contributed by atoms with E-state index in [2.05, 4.69) is 31.8 Å². The molecule has 0 saturated carbocycles. The third-order valence-corrected chi connectivity index (χ3v) is 6.57. The normalized spacial score (nSPS) is 15.0. The van der Waals surface area contributed by atoms with E-state index in [-0.39, 0.29) is 37.9 Å². The van der Waals surface area contributed by atoms with E-state index >= 15 is 0 Å². The maximum Gasteiger partial charge on any atom is 0.347 e. The summed E-state index contributed by atoms with van der Waals surface area (Å²) in [5, 5.41) is 14.4. The second kappa shape index (κ2) is 15.6. The van der Waals surface area contributed by atoms with Crippen LogP contribution in [0.15, 0.2) is 30.3 Å². The van der Waals surface area contributed by atoms with Crippen LogP contribution in [0.4, 0.5) is 0 Å². The largest absolute Gasteiger partial charge is 0.478 e. The predicted octanol–water partition coefficient (Wildman–Crippen LogP) is 3.20. The van der Waals surface area contributed by atoms with Crippen LogP contribution in [0.3, 0.4) is 0 Å². The van der Waals surface area contributed by atoms with Gasteiger partial charge >= 0.3 is 5.97 Å². The Morgan fingerprint density at radius 1 is 1.34 bits per heavy atom. The molecule has 0 spiro atoms. The first kappa shape index (κ1) is 28.8. The number of hydrogen-bond donors (Lipinski definition) is 4. The summed E-state index contributed by atoms with van der Waals surface area (Å²) in [5.74, 6) is -0.190.